The summed E-state index contributed by atoms with van der Waals surface area (Å²) < 4.78 is 5.85. The number of phenols is 1. The lowest BCUT2D eigenvalue weighted by Gasteiger charge is -2.47. The Balaban J connectivity index is 2.53. The van der Waals surface area contributed by atoms with Crippen LogP contribution in [0.2, 0.25) is 0 Å². The quantitative estimate of drug-likeness (QED) is 0.878. The molecule has 0 aliphatic heterocycles. The summed E-state index contributed by atoms with van der Waals surface area (Å²) in [5, 5.41) is 9.79. The Bertz CT molecular complexity index is 440. The molecule has 0 aromatic heterocycles. The average molecular weight is 263 g/mol. The number of phenolic OH excluding ortho intramolecular Hbond substituents is 1. The van der Waals surface area contributed by atoms with Gasteiger partial charge in [0.2, 0.25) is 0 Å². The van der Waals surface area contributed by atoms with Crippen LogP contribution in [0.3, 0.4) is 0 Å². The van der Waals surface area contributed by atoms with Gasteiger partial charge in [-0.1, -0.05) is 19.9 Å². The number of benzene rings is 1. The van der Waals surface area contributed by atoms with Crippen molar-refractivity contribution in [3.8, 4) is 5.75 Å². The second-order valence-electron chi connectivity index (χ2n) is 5.43. The SMILES string of the molecule is CCO[C@@H]1Cc2ccc(O)cc2C(CC)(CC)[C@H]1N. The van der Waals surface area contributed by atoms with Gasteiger partial charge in [-0.15, -0.1) is 0 Å². The van der Waals surface area contributed by atoms with Crippen molar-refractivity contribution < 1.29 is 9.84 Å². The minimum atomic E-state index is -0.0911. The van der Waals surface area contributed by atoms with Crippen molar-refractivity contribution in [1.29, 1.82) is 0 Å². The minimum absolute atomic E-state index is 0.0169. The third-order valence-corrected chi connectivity index (χ3v) is 4.73. The standard InChI is InChI=1S/C16H25NO2/c1-4-16(5-2)13-10-12(18)8-7-11(13)9-14(15(16)17)19-6-3/h7-8,10,14-15,18H,4-6,9,17H2,1-3H3/t14-,15+/m1/s1. The molecule has 0 fully saturated rings. The highest BCUT2D eigenvalue weighted by Crippen LogP contribution is 2.43. The minimum Gasteiger partial charge on any atom is -0.508 e. The van der Waals surface area contributed by atoms with Crippen LogP contribution >= 0.6 is 0 Å². The molecule has 19 heavy (non-hydrogen) atoms. The Labute approximate surface area is 115 Å². The van der Waals surface area contributed by atoms with Crippen molar-refractivity contribution >= 4 is 0 Å². The van der Waals surface area contributed by atoms with E-state index < -0.39 is 0 Å². The van der Waals surface area contributed by atoms with Gasteiger partial charge < -0.3 is 15.6 Å². The van der Waals surface area contributed by atoms with E-state index in [1.54, 1.807) is 6.07 Å². The van der Waals surface area contributed by atoms with Crippen LogP contribution in [-0.4, -0.2) is 23.9 Å². The summed E-state index contributed by atoms with van der Waals surface area (Å²) in [6, 6.07) is 5.65. The van der Waals surface area contributed by atoms with Crippen molar-refractivity contribution in [2.75, 3.05) is 6.61 Å². The Morgan fingerprint density at radius 1 is 1.32 bits per heavy atom. The average Bonchev–Trinajstić information content (AvgIpc) is 2.41. The monoisotopic (exact) mass is 263 g/mol. The smallest absolute Gasteiger partial charge is 0.115 e. The first kappa shape index (κ1) is 14.4. The van der Waals surface area contributed by atoms with E-state index in [4.69, 9.17) is 10.5 Å². The van der Waals surface area contributed by atoms with Gasteiger partial charge in [0.15, 0.2) is 0 Å². The van der Waals surface area contributed by atoms with Gasteiger partial charge in [0.1, 0.15) is 5.75 Å². The molecule has 2 atom stereocenters. The van der Waals surface area contributed by atoms with E-state index in [1.807, 2.05) is 19.1 Å². The third-order valence-electron chi connectivity index (χ3n) is 4.73. The van der Waals surface area contributed by atoms with E-state index >= 15 is 0 Å². The molecule has 2 rings (SSSR count). The zero-order valence-electron chi connectivity index (χ0n) is 12.1. The van der Waals surface area contributed by atoms with Gasteiger partial charge in [0.05, 0.1) is 6.10 Å². The molecule has 106 valence electrons. The molecule has 1 aliphatic carbocycles. The molecule has 3 N–H and O–H groups in total. The maximum absolute atomic E-state index is 9.79. The molecule has 0 saturated carbocycles. The molecule has 1 aromatic rings. The Morgan fingerprint density at radius 3 is 2.58 bits per heavy atom. The van der Waals surface area contributed by atoms with Gasteiger partial charge >= 0.3 is 0 Å². The number of hydrogen-bond donors (Lipinski definition) is 2. The van der Waals surface area contributed by atoms with Crippen molar-refractivity contribution in [2.45, 2.75) is 57.6 Å². The molecule has 0 heterocycles. The Morgan fingerprint density at radius 2 is 2.00 bits per heavy atom. The number of aromatic hydroxyl groups is 1. The van der Waals surface area contributed by atoms with E-state index in [2.05, 4.69) is 13.8 Å². The van der Waals surface area contributed by atoms with E-state index in [0.29, 0.717) is 12.4 Å². The Hall–Kier alpha value is -1.06. The van der Waals surface area contributed by atoms with Crippen LogP contribution in [0.25, 0.3) is 0 Å². The number of hydrogen-bond acceptors (Lipinski definition) is 3. The highest BCUT2D eigenvalue weighted by molar-refractivity contribution is 5.44. The summed E-state index contributed by atoms with van der Waals surface area (Å²) in [7, 11) is 0. The van der Waals surface area contributed by atoms with E-state index in [9.17, 15) is 5.11 Å². The topological polar surface area (TPSA) is 55.5 Å². The third kappa shape index (κ3) is 2.26. The summed E-state index contributed by atoms with van der Waals surface area (Å²) in [4.78, 5) is 0. The van der Waals surface area contributed by atoms with Crippen molar-refractivity contribution in [3.63, 3.8) is 0 Å². The summed E-state index contributed by atoms with van der Waals surface area (Å²) in [6.45, 7) is 7.05. The van der Waals surface area contributed by atoms with E-state index in [1.165, 1.54) is 11.1 Å². The van der Waals surface area contributed by atoms with Gasteiger partial charge in [0.25, 0.3) is 0 Å². The maximum atomic E-state index is 9.79. The van der Waals surface area contributed by atoms with Gasteiger partial charge in [-0.25, -0.2) is 0 Å². The first-order valence-corrected chi connectivity index (χ1v) is 7.28. The summed E-state index contributed by atoms with van der Waals surface area (Å²) in [6.07, 6.45) is 2.84. The van der Waals surface area contributed by atoms with Crippen LogP contribution in [0.5, 0.6) is 5.75 Å². The van der Waals surface area contributed by atoms with Crippen LogP contribution in [0.15, 0.2) is 18.2 Å². The molecule has 0 amide bonds. The lowest BCUT2D eigenvalue weighted by Crippen LogP contribution is -2.56. The fraction of sp³-hybridized carbons (Fsp3) is 0.625. The van der Waals surface area contributed by atoms with Gasteiger partial charge in [-0.05, 0) is 43.0 Å². The summed E-state index contributed by atoms with van der Waals surface area (Å²) in [5.41, 5.74) is 8.91. The summed E-state index contributed by atoms with van der Waals surface area (Å²) in [5.74, 6) is 0.326. The molecule has 3 nitrogen and oxygen atoms in total. The van der Waals surface area contributed by atoms with E-state index in [0.717, 1.165) is 19.3 Å². The second-order valence-corrected chi connectivity index (χ2v) is 5.43. The van der Waals surface area contributed by atoms with E-state index in [-0.39, 0.29) is 17.6 Å². The normalized spacial score (nSPS) is 25.1. The molecule has 0 radical (unpaired) electrons. The lowest BCUT2D eigenvalue weighted by molar-refractivity contribution is 0.0119. The zero-order valence-corrected chi connectivity index (χ0v) is 12.1. The van der Waals surface area contributed by atoms with Crippen molar-refractivity contribution in [1.82, 2.24) is 0 Å². The van der Waals surface area contributed by atoms with Crippen LogP contribution in [0.1, 0.15) is 44.7 Å². The molecule has 0 unspecified atom stereocenters. The lowest BCUT2D eigenvalue weighted by atomic mass is 9.63. The molecule has 3 heteroatoms. The Kier molecular flexibility index (Phi) is 4.16. The zero-order chi connectivity index (χ0) is 14.0. The first-order chi connectivity index (χ1) is 9.08. The molecule has 0 spiro atoms. The molecule has 1 aromatic carbocycles. The van der Waals surface area contributed by atoms with Gasteiger partial charge in [-0.3, -0.25) is 0 Å². The van der Waals surface area contributed by atoms with Crippen LogP contribution < -0.4 is 5.73 Å². The summed E-state index contributed by atoms with van der Waals surface area (Å²) >= 11 is 0. The van der Waals surface area contributed by atoms with Crippen LogP contribution in [0, 0.1) is 0 Å². The number of ether oxygens (including phenoxy) is 1. The number of rotatable bonds is 4. The highest BCUT2D eigenvalue weighted by atomic mass is 16.5. The largest absolute Gasteiger partial charge is 0.508 e. The van der Waals surface area contributed by atoms with Gasteiger partial charge in [-0.2, -0.15) is 0 Å². The highest BCUT2D eigenvalue weighted by Gasteiger charge is 2.45. The van der Waals surface area contributed by atoms with Gasteiger partial charge in [0, 0.05) is 24.5 Å². The molecular weight excluding hydrogens is 238 g/mol. The number of nitrogens with two attached hydrogens (primary N) is 1. The molecule has 0 saturated heterocycles. The van der Waals surface area contributed by atoms with Crippen molar-refractivity contribution in [2.24, 2.45) is 5.73 Å². The first-order valence-electron chi connectivity index (χ1n) is 7.28. The maximum Gasteiger partial charge on any atom is 0.115 e. The number of fused-ring (bicyclic) bond motifs is 1. The van der Waals surface area contributed by atoms with Crippen molar-refractivity contribution in [3.05, 3.63) is 29.3 Å². The predicted molar refractivity (Wildman–Crippen MR) is 77.5 cm³/mol. The fourth-order valence-corrected chi connectivity index (χ4v) is 3.56. The second kappa shape index (κ2) is 5.51. The fourth-order valence-electron chi connectivity index (χ4n) is 3.56. The predicted octanol–water partition coefficient (Wildman–Crippen LogP) is 2.74. The molecule has 0 bridgehead atoms. The molecule has 1 aliphatic rings. The van der Waals surface area contributed by atoms with Crippen LogP contribution in [0.4, 0.5) is 0 Å². The molecular formula is C16H25NO2. The van der Waals surface area contributed by atoms with Crippen LogP contribution in [-0.2, 0) is 16.6 Å².